The van der Waals surface area contributed by atoms with Gasteiger partial charge in [-0.25, -0.2) is 13.2 Å². The maximum Gasteiger partial charge on any atom is 0.407 e. The van der Waals surface area contributed by atoms with Crippen LogP contribution in [-0.4, -0.2) is 68.8 Å². The topological polar surface area (TPSA) is 142 Å². The summed E-state index contributed by atoms with van der Waals surface area (Å²) in [5.74, 6) is 0.419. The zero-order valence-corrected chi connectivity index (χ0v) is 27.0. The molecule has 6 rings (SSSR count). The van der Waals surface area contributed by atoms with Crippen molar-refractivity contribution in [3.05, 3.63) is 96.1 Å². The van der Waals surface area contributed by atoms with Gasteiger partial charge in [-0.15, -0.1) is 0 Å². The Labute approximate surface area is 275 Å². The van der Waals surface area contributed by atoms with Crippen molar-refractivity contribution in [2.24, 2.45) is 5.92 Å². The maximum atomic E-state index is 14.0. The minimum atomic E-state index is -3.97. The molecule has 3 fully saturated rings. The van der Waals surface area contributed by atoms with Crippen LogP contribution in [0.1, 0.15) is 43.2 Å². The third-order valence-corrected chi connectivity index (χ3v) is 11.4. The number of rotatable bonds is 14. The standard InChI is InChI=1S/C35H42N2O9S/c38-31(30(20-25-10-3-1-4-11-25)37-34(39)45-32-24-44-33-29(32)16-19-42-33)22-36-46-35(17-7-8-18-35)47(40,41)28-15-9-14-27(21-28)43-23-26-12-5-2-6-13-26/h1-6,9-15,21,29-33,36,38H,7-8,16-20,22-24H2,(H,37,39)/t29-,30-,31+,32-,33+/m0/s1. The van der Waals surface area contributed by atoms with E-state index in [9.17, 15) is 18.3 Å². The van der Waals surface area contributed by atoms with Crippen LogP contribution in [0, 0.1) is 5.92 Å². The predicted octanol–water partition coefficient (Wildman–Crippen LogP) is 4.29. The van der Waals surface area contributed by atoms with E-state index < -0.39 is 39.1 Å². The number of carbonyl (C=O) groups is 1. The van der Waals surface area contributed by atoms with Crippen LogP contribution in [0.15, 0.2) is 89.8 Å². The summed E-state index contributed by atoms with van der Waals surface area (Å²) in [4.78, 5) is 17.6. The maximum absolute atomic E-state index is 14.0. The Morgan fingerprint density at radius 1 is 0.957 bits per heavy atom. The van der Waals surface area contributed by atoms with Gasteiger partial charge in [0.05, 0.1) is 36.2 Å². The summed E-state index contributed by atoms with van der Waals surface area (Å²) in [6, 6.07) is 24.8. The van der Waals surface area contributed by atoms with E-state index in [0.29, 0.717) is 51.1 Å². The third kappa shape index (κ3) is 7.97. The largest absolute Gasteiger partial charge is 0.489 e. The van der Waals surface area contributed by atoms with Crippen molar-refractivity contribution in [3.8, 4) is 5.75 Å². The molecule has 252 valence electrons. The first-order chi connectivity index (χ1) is 22.8. The number of alkyl carbamates (subject to hydrolysis) is 1. The van der Waals surface area contributed by atoms with Gasteiger partial charge in [-0.2, -0.15) is 5.48 Å². The highest BCUT2D eigenvalue weighted by Crippen LogP contribution is 2.41. The van der Waals surface area contributed by atoms with Crippen molar-refractivity contribution in [2.75, 3.05) is 19.8 Å². The number of aliphatic hydroxyl groups is 1. The number of benzene rings is 3. The highest BCUT2D eigenvalue weighted by molar-refractivity contribution is 7.92. The van der Waals surface area contributed by atoms with Gasteiger partial charge in [0.2, 0.25) is 9.84 Å². The molecule has 47 heavy (non-hydrogen) atoms. The van der Waals surface area contributed by atoms with Crippen molar-refractivity contribution >= 4 is 15.9 Å². The Hall–Kier alpha value is -3.52. The molecule has 5 atom stereocenters. The molecule has 1 amide bonds. The molecule has 1 aliphatic carbocycles. The fourth-order valence-electron chi connectivity index (χ4n) is 6.45. The highest BCUT2D eigenvalue weighted by atomic mass is 32.2. The Morgan fingerprint density at radius 2 is 1.68 bits per heavy atom. The molecule has 0 spiro atoms. The number of ether oxygens (including phenoxy) is 4. The van der Waals surface area contributed by atoms with Crippen LogP contribution >= 0.6 is 0 Å². The molecular weight excluding hydrogens is 624 g/mol. The molecule has 3 aromatic carbocycles. The average Bonchev–Trinajstić information content (AvgIpc) is 3.85. The van der Waals surface area contributed by atoms with E-state index in [1.54, 1.807) is 18.2 Å². The Balaban J connectivity index is 1.10. The van der Waals surface area contributed by atoms with E-state index in [4.69, 9.17) is 23.8 Å². The SMILES string of the molecule is O=C(N[C@@H](Cc1ccccc1)[C@H](O)CNOC1(S(=O)(=O)c2cccc(OCc3ccccc3)c2)CCCC1)O[C@H]1CO[C@H]2OCC[C@H]21. The van der Waals surface area contributed by atoms with Crippen molar-refractivity contribution in [1.82, 2.24) is 10.8 Å². The van der Waals surface area contributed by atoms with Gasteiger partial charge in [0, 0.05) is 6.54 Å². The number of aliphatic hydroxyl groups excluding tert-OH is 1. The lowest BCUT2D eigenvalue weighted by atomic mass is 10.0. The zero-order chi connectivity index (χ0) is 32.7. The fourth-order valence-corrected chi connectivity index (χ4v) is 8.40. The third-order valence-electron chi connectivity index (χ3n) is 9.08. The van der Waals surface area contributed by atoms with Crippen molar-refractivity contribution in [3.63, 3.8) is 0 Å². The van der Waals surface area contributed by atoms with Gasteiger partial charge < -0.3 is 29.4 Å². The van der Waals surface area contributed by atoms with Gasteiger partial charge in [-0.05, 0) is 67.9 Å². The summed E-state index contributed by atoms with van der Waals surface area (Å²) in [5.41, 5.74) is 4.63. The summed E-state index contributed by atoms with van der Waals surface area (Å²) in [6.45, 7) is 0.979. The molecule has 3 N–H and O–H groups in total. The van der Waals surface area contributed by atoms with E-state index in [2.05, 4.69) is 10.8 Å². The Morgan fingerprint density at radius 3 is 2.43 bits per heavy atom. The van der Waals surface area contributed by atoms with E-state index in [0.717, 1.165) is 17.5 Å². The van der Waals surface area contributed by atoms with Crippen molar-refractivity contribution in [2.45, 2.75) is 79.5 Å². The van der Waals surface area contributed by atoms with Crippen LogP contribution in [0.4, 0.5) is 4.79 Å². The summed E-state index contributed by atoms with van der Waals surface area (Å²) >= 11 is 0. The van der Waals surface area contributed by atoms with E-state index in [1.165, 1.54) is 6.07 Å². The van der Waals surface area contributed by atoms with Crippen molar-refractivity contribution in [1.29, 1.82) is 0 Å². The van der Waals surface area contributed by atoms with Crippen LogP contribution in [0.2, 0.25) is 0 Å². The van der Waals surface area contributed by atoms with E-state index >= 15 is 0 Å². The van der Waals surface area contributed by atoms with Gasteiger partial charge in [-0.3, -0.25) is 4.84 Å². The molecule has 0 radical (unpaired) electrons. The number of amides is 1. The first-order valence-electron chi connectivity index (χ1n) is 16.2. The van der Waals surface area contributed by atoms with Crippen molar-refractivity contribution < 1.29 is 42.1 Å². The summed E-state index contributed by atoms with van der Waals surface area (Å²) < 4.78 is 50.8. The van der Waals surface area contributed by atoms with Gasteiger partial charge in [-0.1, -0.05) is 66.7 Å². The van der Waals surface area contributed by atoms with Crippen LogP contribution < -0.4 is 15.5 Å². The molecule has 1 saturated carbocycles. The molecule has 2 heterocycles. The molecule has 11 nitrogen and oxygen atoms in total. The predicted molar refractivity (Wildman–Crippen MR) is 172 cm³/mol. The highest BCUT2D eigenvalue weighted by Gasteiger charge is 2.49. The first-order valence-corrected chi connectivity index (χ1v) is 17.7. The number of nitrogens with one attached hydrogen (secondary N) is 2. The number of hydrogen-bond acceptors (Lipinski definition) is 10. The molecule has 0 unspecified atom stereocenters. The number of carbonyl (C=O) groups excluding carboxylic acids is 1. The van der Waals surface area contributed by atoms with Crippen LogP contribution in [0.3, 0.4) is 0 Å². The van der Waals surface area contributed by atoms with Crippen LogP contribution in [0.25, 0.3) is 0 Å². The summed E-state index contributed by atoms with van der Waals surface area (Å²) in [5, 5.41) is 14.1. The summed E-state index contributed by atoms with van der Waals surface area (Å²) in [6.07, 6.45) is 0.394. The Bertz CT molecular complexity index is 1570. The normalized spacial score (nSPS) is 23.1. The quantitative estimate of drug-likeness (QED) is 0.214. The second-order valence-electron chi connectivity index (χ2n) is 12.3. The number of sulfone groups is 1. The average molecular weight is 667 g/mol. The lowest BCUT2D eigenvalue weighted by Gasteiger charge is -2.31. The van der Waals surface area contributed by atoms with Crippen LogP contribution in [0.5, 0.6) is 5.75 Å². The molecule has 3 aromatic rings. The monoisotopic (exact) mass is 666 g/mol. The lowest BCUT2D eigenvalue weighted by molar-refractivity contribution is -0.0907. The molecule has 0 aromatic heterocycles. The molecule has 2 saturated heterocycles. The van der Waals surface area contributed by atoms with Crippen LogP contribution in [-0.2, 0) is 41.9 Å². The minimum Gasteiger partial charge on any atom is -0.489 e. The number of fused-ring (bicyclic) bond motifs is 1. The number of hydroxylamine groups is 1. The van der Waals surface area contributed by atoms with Gasteiger partial charge >= 0.3 is 6.09 Å². The Kier molecular flexibility index (Phi) is 10.8. The lowest BCUT2D eigenvalue weighted by Crippen LogP contribution is -2.51. The smallest absolute Gasteiger partial charge is 0.407 e. The molecular formula is C35H42N2O9S. The number of hydrogen-bond donors (Lipinski definition) is 3. The second kappa shape index (κ2) is 15.1. The molecule has 2 aliphatic heterocycles. The summed E-state index contributed by atoms with van der Waals surface area (Å²) in [7, 11) is -3.97. The molecule has 12 heteroatoms. The first kappa shape index (κ1) is 33.4. The molecule has 0 bridgehead atoms. The van der Waals surface area contributed by atoms with E-state index in [-0.39, 0.29) is 30.3 Å². The van der Waals surface area contributed by atoms with Gasteiger partial charge in [0.1, 0.15) is 18.5 Å². The van der Waals surface area contributed by atoms with E-state index in [1.807, 2.05) is 60.7 Å². The zero-order valence-electron chi connectivity index (χ0n) is 26.2. The van der Waals surface area contributed by atoms with Gasteiger partial charge in [0.25, 0.3) is 0 Å². The van der Waals surface area contributed by atoms with Gasteiger partial charge in [0.15, 0.2) is 11.2 Å². The minimum absolute atomic E-state index is 0.0195. The fraction of sp³-hybridized carbons (Fsp3) is 0.457. The molecule has 3 aliphatic rings. The second-order valence-corrected chi connectivity index (χ2v) is 14.5.